The second kappa shape index (κ2) is 8.83. The smallest absolute Gasteiger partial charge is 0.286 e. The van der Waals surface area contributed by atoms with Gasteiger partial charge in [-0.1, -0.05) is 32.6 Å². The molecule has 12 heteroatoms. The van der Waals surface area contributed by atoms with Crippen molar-refractivity contribution in [1.82, 2.24) is 4.90 Å². The predicted octanol–water partition coefficient (Wildman–Crippen LogP) is 2.74. The predicted molar refractivity (Wildman–Crippen MR) is 136 cm³/mol. The quantitative estimate of drug-likeness (QED) is 0.510. The molecule has 2 saturated carbocycles. The summed E-state index contributed by atoms with van der Waals surface area (Å²) >= 11 is 0. The van der Waals surface area contributed by atoms with Gasteiger partial charge in [-0.3, -0.25) is 14.3 Å². The summed E-state index contributed by atoms with van der Waals surface area (Å²) in [5, 5.41) is 2.92. The lowest BCUT2D eigenvalue weighted by Gasteiger charge is -2.45. The lowest BCUT2D eigenvalue weighted by atomic mass is 9.71. The Hall–Kier alpha value is -2.47. The maximum Gasteiger partial charge on any atom is 0.286 e. The van der Waals surface area contributed by atoms with E-state index in [0.29, 0.717) is 18.9 Å². The van der Waals surface area contributed by atoms with Crippen molar-refractivity contribution < 1.29 is 26.4 Å². The summed E-state index contributed by atoms with van der Waals surface area (Å²) in [5.41, 5.74) is -0.552. The van der Waals surface area contributed by atoms with Gasteiger partial charge in [0, 0.05) is 23.7 Å². The molecule has 2 N–H and O–H groups in total. The van der Waals surface area contributed by atoms with E-state index >= 15 is 0 Å². The lowest BCUT2D eigenvalue weighted by molar-refractivity contribution is -0.153. The molecule has 2 atom stereocenters. The van der Waals surface area contributed by atoms with Gasteiger partial charge in [0.2, 0.25) is 15.9 Å². The first-order valence-corrected chi connectivity index (χ1v) is 15.8. The SMILES string of the molecule is CC1(CCC2CC2)CN(C2CCCC2)C(=O)C(C2=NS(=O)(=O)c3cc(NS(C)(=O)=O)ccc3N2)C1=O. The molecule has 36 heavy (non-hydrogen) atoms. The number of fused-ring (bicyclic) bond motifs is 1. The molecule has 4 aliphatic rings. The number of nitrogens with one attached hydrogen (secondary N) is 2. The summed E-state index contributed by atoms with van der Waals surface area (Å²) in [7, 11) is -7.90. The van der Waals surface area contributed by atoms with E-state index in [0.717, 1.165) is 38.4 Å². The first kappa shape index (κ1) is 25.2. The summed E-state index contributed by atoms with van der Waals surface area (Å²) in [6, 6.07) is 4.05. The third kappa shape index (κ3) is 4.89. The topological polar surface area (TPSA) is 142 Å². The summed E-state index contributed by atoms with van der Waals surface area (Å²) in [6.45, 7) is 2.25. The molecule has 1 aromatic rings. The number of benzene rings is 1. The van der Waals surface area contributed by atoms with Gasteiger partial charge in [-0.2, -0.15) is 8.42 Å². The largest absolute Gasteiger partial charge is 0.341 e. The van der Waals surface area contributed by atoms with Crippen LogP contribution < -0.4 is 10.0 Å². The number of likely N-dealkylation sites (tertiary alicyclic amines) is 1. The van der Waals surface area contributed by atoms with Gasteiger partial charge in [0.05, 0.1) is 11.9 Å². The highest BCUT2D eigenvalue weighted by molar-refractivity contribution is 7.92. The van der Waals surface area contributed by atoms with Crippen molar-refractivity contribution in [2.24, 2.45) is 21.6 Å². The van der Waals surface area contributed by atoms with Gasteiger partial charge in [0.1, 0.15) is 10.7 Å². The molecule has 2 aliphatic carbocycles. The highest BCUT2D eigenvalue weighted by Crippen LogP contribution is 2.43. The molecule has 2 heterocycles. The number of Topliss-reactive ketones (excluding diaryl/α,β-unsaturated/α-hetero) is 1. The van der Waals surface area contributed by atoms with Crippen molar-refractivity contribution in [3.05, 3.63) is 18.2 Å². The van der Waals surface area contributed by atoms with E-state index < -0.39 is 37.3 Å². The van der Waals surface area contributed by atoms with E-state index in [1.165, 1.54) is 31.0 Å². The Morgan fingerprint density at radius 2 is 1.86 bits per heavy atom. The molecule has 10 nitrogen and oxygen atoms in total. The zero-order chi connectivity index (χ0) is 25.9. The van der Waals surface area contributed by atoms with Crippen LogP contribution in [-0.2, 0) is 29.6 Å². The molecule has 1 amide bonds. The number of amides is 1. The number of hydrogen-bond donors (Lipinski definition) is 2. The Labute approximate surface area is 212 Å². The molecule has 0 bridgehead atoms. The molecule has 196 valence electrons. The van der Waals surface area contributed by atoms with Crippen molar-refractivity contribution in [3.63, 3.8) is 0 Å². The van der Waals surface area contributed by atoms with E-state index in [2.05, 4.69) is 14.4 Å². The van der Waals surface area contributed by atoms with E-state index in [1.54, 1.807) is 4.90 Å². The molecule has 0 aromatic heterocycles. The Balaban J connectivity index is 1.50. The van der Waals surface area contributed by atoms with E-state index in [9.17, 15) is 26.4 Å². The van der Waals surface area contributed by atoms with Crippen LogP contribution in [0.15, 0.2) is 27.5 Å². The maximum atomic E-state index is 13.8. The number of carbonyl (C=O) groups is 2. The second-order valence-corrected chi connectivity index (χ2v) is 14.2. The van der Waals surface area contributed by atoms with Crippen LogP contribution in [0.5, 0.6) is 0 Å². The summed E-state index contributed by atoms with van der Waals surface area (Å²) in [5.74, 6) is -1.56. The molecule has 1 saturated heterocycles. The fourth-order valence-electron chi connectivity index (χ4n) is 5.64. The standard InChI is InChI=1S/C24H32N4O6S2/c1-24(12-11-15-7-8-15)14-28(17-5-3-4-6-17)23(30)20(21(24)29)22-25-18-10-9-16(26-35(2,31)32)13-19(18)36(33,34)27-22/h9-10,13,15,17,20,26H,3-8,11-12,14H2,1-2H3,(H,25,27). The third-order valence-electron chi connectivity index (χ3n) is 7.79. The van der Waals surface area contributed by atoms with Crippen molar-refractivity contribution in [3.8, 4) is 0 Å². The molecule has 0 radical (unpaired) electrons. The van der Waals surface area contributed by atoms with E-state index in [-0.39, 0.29) is 33.9 Å². The molecular weight excluding hydrogens is 504 g/mol. The number of hydrogen-bond acceptors (Lipinski definition) is 7. The van der Waals surface area contributed by atoms with Gasteiger partial charge in [0.15, 0.2) is 11.7 Å². The minimum Gasteiger partial charge on any atom is -0.341 e. The van der Waals surface area contributed by atoms with Crippen LogP contribution in [0, 0.1) is 17.3 Å². The molecule has 5 rings (SSSR count). The Morgan fingerprint density at radius 3 is 2.50 bits per heavy atom. The second-order valence-electron chi connectivity index (χ2n) is 10.9. The van der Waals surface area contributed by atoms with Gasteiger partial charge in [0.25, 0.3) is 10.0 Å². The van der Waals surface area contributed by atoms with Crippen LogP contribution in [0.3, 0.4) is 0 Å². The monoisotopic (exact) mass is 536 g/mol. The number of ketones is 1. The summed E-state index contributed by atoms with van der Waals surface area (Å²) in [4.78, 5) is 29.1. The van der Waals surface area contributed by atoms with Gasteiger partial charge in [-0.15, -0.1) is 4.40 Å². The number of piperidine rings is 1. The minimum absolute atomic E-state index is 0.0473. The average molecular weight is 537 g/mol. The van der Waals surface area contributed by atoms with Crippen LogP contribution in [0.25, 0.3) is 0 Å². The zero-order valence-electron chi connectivity index (χ0n) is 20.5. The highest BCUT2D eigenvalue weighted by atomic mass is 32.2. The van der Waals surface area contributed by atoms with Crippen molar-refractivity contribution >= 4 is 48.9 Å². The van der Waals surface area contributed by atoms with Gasteiger partial charge in [-0.05, 0) is 49.8 Å². The fraction of sp³-hybridized carbons (Fsp3) is 0.625. The highest BCUT2D eigenvalue weighted by Gasteiger charge is 2.53. The van der Waals surface area contributed by atoms with Crippen molar-refractivity contribution in [2.75, 3.05) is 22.8 Å². The van der Waals surface area contributed by atoms with E-state index in [1.807, 2.05) is 6.92 Å². The first-order valence-electron chi connectivity index (χ1n) is 12.4. The number of amidine groups is 1. The minimum atomic E-state index is -4.29. The van der Waals surface area contributed by atoms with Crippen LogP contribution in [0.4, 0.5) is 11.4 Å². The molecule has 1 aromatic carbocycles. The molecule has 2 aliphatic heterocycles. The van der Waals surface area contributed by atoms with Gasteiger partial charge < -0.3 is 10.2 Å². The number of nitrogens with zero attached hydrogens (tertiary/aromatic N) is 2. The van der Waals surface area contributed by atoms with Gasteiger partial charge >= 0.3 is 0 Å². The normalized spacial score (nSPS) is 28.4. The number of carbonyl (C=O) groups excluding carboxylic acids is 2. The molecular formula is C24H32N4O6S2. The zero-order valence-corrected chi connectivity index (χ0v) is 22.1. The van der Waals surface area contributed by atoms with Crippen LogP contribution in [-0.4, -0.2) is 58.1 Å². The van der Waals surface area contributed by atoms with Crippen LogP contribution in [0.2, 0.25) is 0 Å². The summed E-state index contributed by atoms with van der Waals surface area (Å²) < 4.78 is 55.6. The number of anilines is 2. The Kier molecular flexibility index (Phi) is 6.18. The molecule has 2 unspecified atom stereocenters. The fourth-order valence-corrected chi connectivity index (χ4v) is 7.37. The molecule has 0 spiro atoms. The molecule has 3 fully saturated rings. The van der Waals surface area contributed by atoms with Crippen LogP contribution in [0.1, 0.15) is 58.3 Å². The number of sulfonamides is 2. The van der Waals surface area contributed by atoms with E-state index in [4.69, 9.17) is 0 Å². The van der Waals surface area contributed by atoms with Crippen molar-refractivity contribution in [2.45, 2.75) is 69.2 Å². The summed E-state index contributed by atoms with van der Waals surface area (Å²) in [6.07, 6.45) is 8.67. The van der Waals surface area contributed by atoms with Gasteiger partial charge in [-0.25, -0.2) is 8.42 Å². The van der Waals surface area contributed by atoms with Crippen molar-refractivity contribution in [1.29, 1.82) is 0 Å². The third-order valence-corrected chi connectivity index (χ3v) is 9.73. The Bertz CT molecular complexity index is 1350. The van der Waals surface area contributed by atoms with Crippen LogP contribution >= 0.6 is 0 Å². The average Bonchev–Trinajstić information content (AvgIpc) is 3.46. The lowest BCUT2D eigenvalue weighted by Crippen LogP contribution is -2.61. The Morgan fingerprint density at radius 1 is 1.17 bits per heavy atom. The number of rotatable bonds is 7. The maximum absolute atomic E-state index is 13.8. The first-order chi connectivity index (χ1) is 16.9.